The second-order valence-electron chi connectivity index (χ2n) is 2.60. The molecule has 2 rings (SSSR count). The van der Waals surface area contributed by atoms with Gasteiger partial charge in [0.05, 0.1) is 0 Å². The minimum atomic E-state index is 0.634. The van der Waals surface area contributed by atoms with Crippen LogP contribution in [0.25, 0.3) is 11.4 Å². The van der Waals surface area contributed by atoms with E-state index in [4.69, 9.17) is 0 Å². The van der Waals surface area contributed by atoms with Crippen LogP contribution in [-0.4, -0.2) is 20.6 Å². The number of aromatic amines is 1. The number of aryl methyl sites for hydroxylation is 1. The van der Waals surface area contributed by atoms with Gasteiger partial charge in [0.1, 0.15) is 0 Å². The van der Waals surface area contributed by atoms with Crippen LogP contribution in [0.1, 0.15) is 19.4 Å². The van der Waals surface area contributed by atoms with Crippen molar-refractivity contribution in [2.75, 3.05) is 0 Å². The van der Waals surface area contributed by atoms with Gasteiger partial charge in [0, 0.05) is 5.56 Å². The largest absolute Gasteiger partial charge is 0.204 e. The lowest BCUT2D eigenvalue weighted by atomic mass is 10.1. The van der Waals surface area contributed by atoms with E-state index in [1.807, 2.05) is 45.0 Å². The molecule has 14 heavy (non-hydrogen) atoms. The highest BCUT2D eigenvalue weighted by Crippen LogP contribution is 2.12. The van der Waals surface area contributed by atoms with Crippen molar-refractivity contribution >= 4 is 0 Å². The molecule has 0 aliphatic carbocycles. The standard InChI is InChI=1S/C8H8N4.C2H6/c1-6-2-4-7(5-3-6)8-9-11-12-10-8;1-2/h2-5H,1H3,(H,9,10,11,12);1-2H3. The lowest BCUT2D eigenvalue weighted by molar-refractivity contribution is 0.881. The lowest BCUT2D eigenvalue weighted by Gasteiger charge is -1.93. The summed E-state index contributed by atoms with van der Waals surface area (Å²) in [6.07, 6.45) is 0. The van der Waals surface area contributed by atoms with E-state index in [0.717, 1.165) is 5.56 Å². The van der Waals surface area contributed by atoms with Gasteiger partial charge in [-0.25, -0.2) is 0 Å². The minimum Gasteiger partial charge on any atom is -0.177 e. The van der Waals surface area contributed by atoms with Crippen molar-refractivity contribution in [3.63, 3.8) is 0 Å². The number of nitrogens with zero attached hydrogens (tertiary/aromatic N) is 3. The molecule has 74 valence electrons. The molecule has 0 amide bonds. The first-order valence-corrected chi connectivity index (χ1v) is 4.67. The average Bonchev–Trinajstić information content (AvgIpc) is 2.75. The second-order valence-corrected chi connectivity index (χ2v) is 2.60. The summed E-state index contributed by atoms with van der Waals surface area (Å²) in [5.41, 5.74) is 2.21. The predicted octanol–water partition coefficient (Wildman–Crippen LogP) is 2.20. The summed E-state index contributed by atoms with van der Waals surface area (Å²) < 4.78 is 0. The molecule has 1 aromatic heterocycles. The van der Waals surface area contributed by atoms with Crippen molar-refractivity contribution in [1.29, 1.82) is 0 Å². The van der Waals surface area contributed by atoms with Gasteiger partial charge in [-0.05, 0) is 12.1 Å². The Labute approximate surface area is 83.4 Å². The minimum absolute atomic E-state index is 0.634. The Balaban J connectivity index is 0.000000461. The molecule has 0 radical (unpaired) electrons. The van der Waals surface area contributed by atoms with Gasteiger partial charge in [-0.2, -0.15) is 5.21 Å². The van der Waals surface area contributed by atoms with Crippen molar-refractivity contribution < 1.29 is 0 Å². The highest BCUT2D eigenvalue weighted by Gasteiger charge is 1.99. The highest BCUT2D eigenvalue weighted by atomic mass is 15.5. The summed E-state index contributed by atoms with van der Waals surface area (Å²) in [6.45, 7) is 6.04. The molecule has 0 saturated carbocycles. The Hall–Kier alpha value is -1.71. The predicted molar refractivity (Wildman–Crippen MR) is 55.7 cm³/mol. The van der Waals surface area contributed by atoms with Crippen molar-refractivity contribution in [1.82, 2.24) is 20.6 Å². The van der Waals surface area contributed by atoms with Crippen LogP contribution < -0.4 is 0 Å². The first kappa shape index (κ1) is 10.4. The maximum absolute atomic E-state index is 3.87. The van der Waals surface area contributed by atoms with Crippen LogP contribution in [0, 0.1) is 6.92 Å². The van der Waals surface area contributed by atoms with Gasteiger partial charge in [0.15, 0.2) is 0 Å². The van der Waals surface area contributed by atoms with Gasteiger partial charge in [-0.3, -0.25) is 0 Å². The summed E-state index contributed by atoms with van der Waals surface area (Å²) >= 11 is 0. The highest BCUT2D eigenvalue weighted by molar-refractivity contribution is 5.53. The molecule has 4 nitrogen and oxygen atoms in total. The van der Waals surface area contributed by atoms with Crippen LogP contribution in [0.4, 0.5) is 0 Å². The first-order valence-electron chi connectivity index (χ1n) is 4.67. The van der Waals surface area contributed by atoms with Crippen LogP contribution in [0.3, 0.4) is 0 Å². The van der Waals surface area contributed by atoms with Crippen LogP contribution in [0.2, 0.25) is 0 Å². The molecule has 0 aliphatic heterocycles. The maximum atomic E-state index is 3.87. The summed E-state index contributed by atoms with van der Waals surface area (Å²) in [6, 6.07) is 7.98. The Morgan fingerprint density at radius 3 is 2.21 bits per heavy atom. The Bertz CT molecular complexity index is 350. The van der Waals surface area contributed by atoms with Crippen LogP contribution in [-0.2, 0) is 0 Å². The summed E-state index contributed by atoms with van der Waals surface area (Å²) in [7, 11) is 0. The Morgan fingerprint density at radius 2 is 1.71 bits per heavy atom. The van der Waals surface area contributed by atoms with E-state index in [-0.39, 0.29) is 0 Å². The quantitative estimate of drug-likeness (QED) is 0.750. The molecule has 2 aromatic rings. The summed E-state index contributed by atoms with van der Waals surface area (Å²) in [5.74, 6) is 0.634. The Morgan fingerprint density at radius 1 is 1.07 bits per heavy atom. The SMILES string of the molecule is CC.Cc1ccc(-c2nn[nH]n2)cc1. The fourth-order valence-electron chi connectivity index (χ4n) is 0.987. The van der Waals surface area contributed by atoms with E-state index >= 15 is 0 Å². The van der Waals surface area contributed by atoms with Gasteiger partial charge >= 0.3 is 0 Å². The molecule has 0 saturated heterocycles. The van der Waals surface area contributed by atoms with Crippen molar-refractivity contribution in [3.8, 4) is 11.4 Å². The average molecular weight is 190 g/mol. The van der Waals surface area contributed by atoms with Crippen molar-refractivity contribution in [2.45, 2.75) is 20.8 Å². The van der Waals surface area contributed by atoms with Gasteiger partial charge in [-0.15, -0.1) is 10.2 Å². The summed E-state index contributed by atoms with van der Waals surface area (Å²) in [5, 5.41) is 13.6. The van der Waals surface area contributed by atoms with Gasteiger partial charge in [0.25, 0.3) is 0 Å². The molecule has 0 fully saturated rings. The van der Waals surface area contributed by atoms with Crippen LogP contribution in [0.15, 0.2) is 24.3 Å². The molecule has 0 unspecified atom stereocenters. The molecular formula is C10H14N4. The van der Waals surface area contributed by atoms with Crippen molar-refractivity contribution in [3.05, 3.63) is 29.8 Å². The van der Waals surface area contributed by atoms with Gasteiger partial charge < -0.3 is 0 Å². The zero-order valence-corrected chi connectivity index (χ0v) is 8.65. The number of tetrazole rings is 1. The summed E-state index contributed by atoms with van der Waals surface area (Å²) in [4.78, 5) is 0. The Kier molecular flexibility index (Phi) is 3.79. The molecule has 1 aromatic carbocycles. The van der Waals surface area contributed by atoms with Crippen LogP contribution in [0.5, 0.6) is 0 Å². The molecule has 0 atom stereocenters. The van der Waals surface area contributed by atoms with Gasteiger partial charge in [0.2, 0.25) is 5.82 Å². The van der Waals surface area contributed by atoms with Gasteiger partial charge in [-0.1, -0.05) is 43.7 Å². The molecule has 1 heterocycles. The maximum Gasteiger partial charge on any atom is 0.204 e. The third-order valence-corrected chi connectivity index (χ3v) is 1.66. The third-order valence-electron chi connectivity index (χ3n) is 1.66. The van der Waals surface area contributed by atoms with E-state index in [1.165, 1.54) is 5.56 Å². The molecule has 0 spiro atoms. The molecule has 0 aliphatic rings. The smallest absolute Gasteiger partial charge is 0.177 e. The molecule has 4 heteroatoms. The zero-order valence-electron chi connectivity index (χ0n) is 8.65. The number of nitrogens with one attached hydrogen (secondary N) is 1. The van der Waals surface area contributed by atoms with E-state index in [2.05, 4.69) is 20.6 Å². The normalized spacial score (nSPS) is 9.07. The monoisotopic (exact) mass is 190 g/mol. The number of aromatic nitrogens is 4. The molecule has 0 bridgehead atoms. The molecular weight excluding hydrogens is 176 g/mol. The first-order chi connectivity index (χ1) is 6.86. The lowest BCUT2D eigenvalue weighted by Crippen LogP contribution is -1.80. The van der Waals surface area contributed by atoms with Crippen molar-refractivity contribution in [2.24, 2.45) is 0 Å². The number of hydrogen-bond donors (Lipinski definition) is 1. The zero-order chi connectivity index (χ0) is 10.4. The second kappa shape index (κ2) is 5.11. The van der Waals surface area contributed by atoms with Crippen LogP contribution >= 0.6 is 0 Å². The topological polar surface area (TPSA) is 54.5 Å². The fraction of sp³-hybridized carbons (Fsp3) is 0.300. The van der Waals surface area contributed by atoms with E-state index in [1.54, 1.807) is 0 Å². The third kappa shape index (κ3) is 2.39. The molecule has 1 N–H and O–H groups in total. The number of H-pyrrole nitrogens is 1. The number of hydrogen-bond acceptors (Lipinski definition) is 3. The van der Waals surface area contributed by atoms with E-state index in [9.17, 15) is 0 Å². The van der Waals surface area contributed by atoms with E-state index in [0.29, 0.717) is 5.82 Å². The van der Waals surface area contributed by atoms with E-state index < -0.39 is 0 Å². The number of benzene rings is 1. The number of rotatable bonds is 1. The fourth-order valence-corrected chi connectivity index (χ4v) is 0.987.